The van der Waals surface area contributed by atoms with Gasteiger partial charge in [-0.2, -0.15) is 0 Å². The van der Waals surface area contributed by atoms with Crippen molar-refractivity contribution in [3.8, 4) is 0 Å². The van der Waals surface area contributed by atoms with Crippen LogP contribution in [0.2, 0.25) is 0 Å². The Bertz CT molecular complexity index is 451. The minimum atomic E-state index is -1.22. The summed E-state index contributed by atoms with van der Waals surface area (Å²) in [4.78, 5) is 0. The van der Waals surface area contributed by atoms with Crippen LogP contribution in [0.5, 0.6) is 0 Å². The zero-order chi connectivity index (χ0) is 14.2. The molecule has 2 rings (SSSR count). The fourth-order valence-corrected chi connectivity index (χ4v) is 2.17. The summed E-state index contributed by atoms with van der Waals surface area (Å²) in [6.07, 6.45) is -4.74. The number of aliphatic hydroxyl groups is 3. The van der Waals surface area contributed by atoms with Crippen LogP contribution >= 0.6 is 0 Å². The van der Waals surface area contributed by atoms with E-state index in [1.54, 1.807) is 6.92 Å². The molecular formula is C14H21NO4. The van der Waals surface area contributed by atoms with Crippen LogP contribution in [-0.2, 0) is 4.74 Å². The SMILES string of the molecule is Cc1ccc(N[C@@H]2O[C@@H](C)[C@@H](O)[C@@H](O)[C@@H]2O)cc1C. The van der Waals surface area contributed by atoms with E-state index in [1.165, 1.54) is 5.56 Å². The van der Waals surface area contributed by atoms with Crippen LogP contribution in [-0.4, -0.2) is 46.0 Å². The summed E-state index contributed by atoms with van der Waals surface area (Å²) in [6.45, 7) is 5.68. The van der Waals surface area contributed by atoms with E-state index in [1.807, 2.05) is 32.0 Å². The van der Waals surface area contributed by atoms with E-state index < -0.39 is 30.6 Å². The number of nitrogens with one attached hydrogen (secondary N) is 1. The van der Waals surface area contributed by atoms with Crippen LogP contribution in [0, 0.1) is 13.8 Å². The van der Waals surface area contributed by atoms with Gasteiger partial charge in [0.2, 0.25) is 0 Å². The van der Waals surface area contributed by atoms with Gasteiger partial charge in [-0.1, -0.05) is 6.07 Å². The van der Waals surface area contributed by atoms with E-state index in [4.69, 9.17) is 4.74 Å². The summed E-state index contributed by atoms with van der Waals surface area (Å²) in [5.41, 5.74) is 3.12. The Labute approximate surface area is 112 Å². The molecule has 1 aromatic rings. The van der Waals surface area contributed by atoms with Crippen LogP contribution in [0.4, 0.5) is 5.69 Å². The zero-order valence-corrected chi connectivity index (χ0v) is 11.4. The third-order valence-electron chi connectivity index (χ3n) is 3.67. The minimum Gasteiger partial charge on any atom is -0.388 e. The molecule has 4 N–H and O–H groups in total. The van der Waals surface area contributed by atoms with E-state index in [2.05, 4.69) is 5.32 Å². The number of anilines is 1. The summed E-state index contributed by atoms with van der Waals surface area (Å²) >= 11 is 0. The summed E-state index contributed by atoms with van der Waals surface area (Å²) in [7, 11) is 0. The Kier molecular flexibility index (Phi) is 4.10. The van der Waals surface area contributed by atoms with Crippen molar-refractivity contribution < 1.29 is 20.1 Å². The van der Waals surface area contributed by atoms with Gasteiger partial charge in [-0.05, 0) is 44.0 Å². The molecule has 1 heterocycles. The van der Waals surface area contributed by atoms with E-state index in [0.717, 1.165) is 11.3 Å². The van der Waals surface area contributed by atoms with Crippen LogP contribution in [0.1, 0.15) is 18.1 Å². The molecule has 5 atom stereocenters. The molecule has 0 saturated carbocycles. The van der Waals surface area contributed by atoms with Crippen molar-refractivity contribution in [2.75, 3.05) is 5.32 Å². The van der Waals surface area contributed by atoms with Crippen molar-refractivity contribution in [2.24, 2.45) is 0 Å². The van der Waals surface area contributed by atoms with Gasteiger partial charge < -0.3 is 25.4 Å². The highest BCUT2D eigenvalue weighted by Gasteiger charge is 2.41. The first-order chi connectivity index (χ1) is 8.90. The van der Waals surface area contributed by atoms with E-state index in [0.29, 0.717) is 0 Å². The Hall–Kier alpha value is -1.14. The summed E-state index contributed by atoms with van der Waals surface area (Å²) in [5, 5.41) is 32.3. The van der Waals surface area contributed by atoms with Gasteiger partial charge in [-0.3, -0.25) is 0 Å². The maximum atomic E-state index is 9.91. The third-order valence-corrected chi connectivity index (χ3v) is 3.67. The standard InChI is InChI=1S/C14H21NO4/c1-7-4-5-10(6-8(7)2)15-14-13(18)12(17)11(16)9(3)19-14/h4-6,9,11-18H,1-3H3/t9-,11+,12+,13-,14+/m0/s1. The molecule has 1 aliphatic heterocycles. The van der Waals surface area contributed by atoms with Crippen molar-refractivity contribution in [1.82, 2.24) is 0 Å². The van der Waals surface area contributed by atoms with Gasteiger partial charge >= 0.3 is 0 Å². The quantitative estimate of drug-likeness (QED) is 0.629. The van der Waals surface area contributed by atoms with Crippen LogP contribution in [0.25, 0.3) is 0 Å². The second-order valence-corrected chi connectivity index (χ2v) is 5.18. The van der Waals surface area contributed by atoms with Gasteiger partial charge in [-0.25, -0.2) is 0 Å². The summed E-state index contributed by atoms with van der Waals surface area (Å²) in [5.74, 6) is 0. The van der Waals surface area contributed by atoms with Gasteiger partial charge in [0.05, 0.1) is 6.10 Å². The second kappa shape index (κ2) is 5.46. The molecule has 0 amide bonds. The van der Waals surface area contributed by atoms with Crippen LogP contribution in [0.3, 0.4) is 0 Å². The molecule has 1 aliphatic rings. The Morgan fingerprint density at radius 1 is 1.00 bits per heavy atom. The number of aliphatic hydroxyl groups excluding tert-OH is 3. The van der Waals surface area contributed by atoms with Crippen molar-refractivity contribution in [2.45, 2.75) is 51.4 Å². The molecular weight excluding hydrogens is 246 g/mol. The van der Waals surface area contributed by atoms with Crippen molar-refractivity contribution in [3.63, 3.8) is 0 Å². The van der Waals surface area contributed by atoms with Crippen molar-refractivity contribution in [1.29, 1.82) is 0 Å². The molecule has 1 fully saturated rings. The van der Waals surface area contributed by atoms with Crippen LogP contribution < -0.4 is 5.32 Å². The maximum Gasteiger partial charge on any atom is 0.157 e. The first-order valence-corrected chi connectivity index (χ1v) is 6.43. The lowest BCUT2D eigenvalue weighted by Crippen LogP contribution is -2.58. The topological polar surface area (TPSA) is 82.0 Å². The van der Waals surface area contributed by atoms with Crippen molar-refractivity contribution >= 4 is 5.69 Å². The Balaban J connectivity index is 2.11. The number of benzene rings is 1. The molecule has 0 spiro atoms. The van der Waals surface area contributed by atoms with Gasteiger partial charge in [0.15, 0.2) is 6.23 Å². The molecule has 1 aromatic carbocycles. The maximum absolute atomic E-state index is 9.91. The molecule has 106 valence electrons. The minimum absolute atomic E-state index is 0.539. The van der Waals surface area contributed by atoms with Crippen molar-refractivity contribution in [3.05, 3.63) is 29.3 Å². The average Bonchev–Trinajstić information content (AvgIpc) is 2.38. The first-order valence-electron chi connectivity index (χ1n) is 6.43. The smallest absolute Gasteiger partial charge is 0.157 e. The zero-order valence-electron chi connectivity index (χ0n) is 11.4. The first kappa shape index (κ1) is 14.3. The molecule has 0 bridgehead atoms. The molecule has 19 heavy (non-hydrogen) atoms. The number of ether oxygens (including phenoxy) is 1. The monoisotopic (exact) mass is 267 g/mol. The molecule has 0 aromatic heterocycles. The molecule has 0 unspecified atom stereocenters. The molecule has 0 aliphatic carbocycles. The number of rotatable bonds is 2. The van der Waals surface area contributed by atoms with Gasteiger partial charge in [0.25, 0.3) is 0 Å². The molecule has 5 heteroatoms. The molecule has 0 radical (unpaired) electrons. The summed E-state index contributed by atoms with van der Waals surface area (Å²) < 4.78 is 5.48. The normalized spacial score (nSPS) is 35.2. The summed E-state index contributed by atoms with van der Waals surface area (Å²) in [6, 6.07) is 5.82. The fraction of sp³-hybridized carbons (Fsp3) is 0.571. The lowest BCUT2D eigenvalue weighted by molar-refractivity contribution is -0.209. The highest BCUT2D eigenvalue weighted by molar-refractivity contribution is 5.48. The molecule has 5 nitrogen and oxygen atoms in total. The number of hydrogen-bond donors (Lipinski definition) is 4. The Morgan fingerprint density at radius 3 is 2.32 bits per heavy atom. The lowest BCUT2D eigenvalue weighted by atomic mass is 9.99. The third kappa shape index (κ3) is 2.90. The number of aryl methyl sites for hydroxylation is 2. The van der Waals surface area contributed by atoms with Crippen LogP contribution in [0.15, 0.2) is 18.2 Å². The molecule has 1 saturated heterocycles. The largest absolute Gasteiger partial charge is 0.388 e. The van der Waals surface area contributed by atoms with E-state index in [9.17, 15) is 15.3 Å². The van der Waals surface area contributed by atoms with E-state index in [-0.39, 0.29) is 0 Å². The van der Waals surface area contributed by atoms with Gasteiger partial charge in [-0.15, -0.1) is 0 Å². The highest BCUT2D eigenvalue weighted by atomic mass is 16.5. The van der Waals surface area contributed by atoms with Gasteiger partial charge in [0, 0.05) is 5.69 Å². The fourth-order valence-electron chi connectivity index (χ4n) is 2.17. The second-order valence-electron chi connectivity index (χ2n) is 5.18. The number of hydrogen-bond acceptors (Lipinski definition) is 5. The van der Waals surface area contributed by atoms with E-state index >= 15 is 0 Å². The Morgan fingerprint density at radius 2 is 1.68 bits per heavy atom. The highest BCUT2D eigenvalue weighted by Crippen LogP contribution is 2.23. The lowest BCUT2D eigenvalue weighted by Gasteiger charge is -2.39. The predicted molar refractivity (Wildman–Crippen MR) is 71.9 cm³/mol. The predicted octanol–water partition coefficient (Wildman–Crippen LogP) is 0.543. The van der Waals surface area contributed by atoms with Gasteiger partial charge in [0.1, 0.15) is 18.3 Å². The average molecular weight is 267 g/mol.